The summed E-state index contributed by atoms with van der Waals surface area (Å²) >= 11 is 0. The molecule has 2 N–H and O–H groups in total. The van der Waals surface area contributed by atoms with E-state index in [4.69, 9.17) is 5.11 Å². The number of carboxylic acids is 1. The summed E-state index contributed by atoms with van der Waals surface area (Å²) in [6, 6.07) is -0.798. The van der Waals surface area contributed by atoms with E-state index in [-0.39, 0.29) is 11.8 Å². The van der Waals surface area contributed by atoms with Crippen molar-refractivity contribution in [3.8, 4) is 0 Å². The maximum atomic E-state index is 11.3. The molecular formula is C10H15NO3. The van der Waals surface area contributed by atoms with Gasteiger partial charge in [-0.1, -0.05) is 12.2 Å². The van der Waals surface area contributed by atoms with Crippen LogP contribution in [0.5, 0.6) is 0 Å². The second-order valence-corrected chi connectivity index (χ2v) is 3.60. The zero-order chi connectivity index (χ0) is 10.6. The van der Waals surface area contributed by atoms with E-state index >= 15 is 0 Å². The van der Waals surface area contributed by atoms with Gasteiger partial charge in [-0.2, -0.15) is 0 Å². The van der Waals surface area contributed by atoms with Gasteiger partial charge in [0.2, 0.25) is 5.91 Å². The standard InChI is InChI=1S/C10H15NO3/c1-7(10(13)14)11-9(12)6-8-4-2-3-5-8/h2,4,7-8H,3,5-6H2,1H3,(H,11,12)(H,13,14)/t7-,8-/m1/s1. The zero-order valence-electron chi connectivity index (χ0n) is 8.19. The Balaban J connectivity index is 2.28. The predicted octanol–water partition coefficient (Wildman–Crippen LogP) is 0.932. The van der Waals surface area contributed by atoms with E-state index in [1.54, 1.807) is 0 Å². The minimum absolute atomic E-state index is 0.184. The van der Waals surface area contributed by atoms with Crippen molar-refractivity contribution in [1.82, 2.24) is 5.32 Å². The number of hydrogen-bond donors (Lipinski definition) is 2. The fourth-order valence-corrected chi connectivity index (χ4v) is 1.47. The molecule has 0 heterocycles. The van der Waals surface area contributed by atoms with Crippen LogP contribution >= 0.6 is 0 Å². The summed E-state index contributed by atoms with van der Waals surface area (Å²) in [4.78, 5) is 21.7. The van der Waals surface area contributed by atoms with E-state index in [1.165, 1.54) is 6.92 Å². The van der Waals surface area contributed by atoms with Crippen LogP contribution in [0.1, 0.15) is 26.2 Å². The van der Waals surface area contributed by atoms with Crippen LogP contribution in [0.15, 0.2) is 12.2 Å². The van der Waals surface area contributed by atoms with Crippen molar-refractivity contribution in [2.75, 3.05) is 0 Å². The average Bonchev–Trinajstić information content (AvgIpc) is 2.56. The van der Waals surface area contributed by atoms with E-state index in [2.05, 4.69) is 11.4 Å². The molecule has 0 saturated carbocycles. The Morgan fingerprint density at radius 1 is 1.64 bits per heavy atom. The van der Waals surface area contributed by atoms with Crippen LogP contribution in [0.3, 0.4) is 0 Å². The lowest BCUT2D eigenvalue weighted by atomic mass is 10.0. The molecule has 0 spiro atoms. The highest BCUT2D eigenvalue weighted by molar-refractivity contribution is 5.83. The molecule has 0 aliphatic heterocycles. The Bertz CT molecular complexity index is 254. The highest BCUT2D eigenvalue weighted by Gasteiger charge is 2.17. The van der Waals surface area contributed by atoms with Gasteiger partial charge in [-0.15, -0.1) is 0 Å². The molecule has 0 unspecified atom stereocenters. The van der Waals surface area contributed by atoms with Crippen LogP contribution < -0.4 is 5.32 Å². The molecule has 1 aliphatic carbocycles. The van der Waals surface area contributed by atoms with Crippen LogP contribution in [0.25, 0.3) is 0 Å². The van der Waals surface area contributed by atoms with E-state index in [0.717, 1.165) is 12.8 Å². The topological polar surface area (TPSA) is 66.4 Å². The second kappa shape index (κ2) is 4.79. The number of nitrogens with one attached hydrogen (secondary N) is 1. The van der Waals surface area contributed by atoms with Crippen molar-refractivity contribution < 1.29 is 14.7 Å². The van der Waals surface area contributed by atoms with E-state index in [0.29, 0.717) is 6.42 Å². The third kappa shape index (κ3) is 3.20. The number of rotatable bonds is 4. The van der Waals surface area contributed by atoms with Gasteiger partial charge in [-0.25, -0.2) is 0 Å². The van der Waals surface area contributed by atoms with Crippen LogP contribution in [0.2, 0.25) is 0 Å². The third-order valence-corrected chi connectivity index (χ3v) is 2.31. The van der Waals surface area contributed by atoms with Crippen LogP contribution in [-0.2, 0) is 9.59 Å². The van der Waals surface area contributed by atoms with E-state index in [1.807, 2.05) is 6.08 Å². The van der Waals surface area contributed by atoms with Crippen molar-refractivity contribution in [3.05, 3.63) is 12.2 Å². The van der Waals surface area contributed by atoms with Crippen LogP contribution in [0, 0.1) is 5.92 Å². The van der Waals surface area contributed by atoms with Gasteiger partial charge in [0.15, 0.2) is 0 Å². The molecule has 2 atom stereocenters. The summed E-state index contributed by atoms with van der Waals surface area (Å²) in [5.74, 6) is -0.896. The van der Waals surface area contributed by atoms with Crippen molar-refractivity contribution >= 4 is 11.9 Å². The Morgan fingerprint density at radius 2 is 2.36 bits per heavy atom. The SMILES string of the molecule is C[C@@H](NC(=O)C[C@@H]1C=CCC1)C(=O)O. The number of allylic oxidation sites excluding steroid dienone is 2. The molecular weight excluding hydrogens is 182 g/mol. The van der Waals surface area contributed by atoms with Crippen LogP contribution in [-0.4, -0.2) is 23.0 Å². The summed E-state index contributed by atoms with van der Waals surface area (Å²) in [5, 5.41) is 11.0. The zero-order valence-corrected chi connectivity index (χ0v) is 8.19. The Kier molecular flexibility index (Phi) is 3.68. The molecule has 4 nitrogen and oxygen atoms in total. The first kappa shape index (κ1) is 10.8. The second-order valence-electron chi connectivity index (χ2n) is 3.60. The van der Waals surface area contributed by atoms with Crippen LogP contribution in [0.4, 0.5) is 0 Å². The number of hydrogen-bond acceptors (Lipinski definition) is 2. The molecule has 1 rings (SSSR count). The van der Waals surface area contributed by atoms with Gasteiger partial charge in [0.25, 0.3) is 0 Å². The Labute approximate surface area is 83.0 Å². The van der Waals surface area contributed by atoms with Gasteiger partial charge in [0, 0.05) is 6.42 Å². The molecule has 1 aliphatic rings. The van der Waals surface area contributed by atoms with Gasteiger partial charge in [0.05, 0.1) is 0 Å². The van der Waals surface area contributed by atoms with Gasteiger partial charge in [-0.05, 0) is 25.7 Å². The summed E-state index contributed by atoms with van der Waals surface area (Å²) in [7, 11) is 0. The van der Waals surface area contributed by atoms with E-state index < -0.39 is 12.0 Å². The van der Waals surface area contributed by atoms with Gasteiger partial charge in [-0.3, -0.25) is 9.59 Å². The molecule has 0 aromatic carbocycles. The molecule has 0 saturated heterocycles. The maximum absolute atomic E-state index is 11.3. The monoisotopic (exact) mass is 197 g/mol. The minimum atomic E-state index is -1.000. The van der Waals surface area contributed by atoms with Gasteiger partial charge < -0.3 is 10.4 Å². The molecule has 0 bridgehead atoms. The summed E-state index contributed by atoms with van der Waals surface area (Å²) in [5.41, 5.74) is 0. The lowest BCUT2D eigenvalue weighted by molar-refractivity contribution is -0.141. The van der Waals surface area contributed by atoms with Crippen molar-refractivity contribution in [1.29, 1.82) is 0 Å². The first-order valence-electron chi connectivity index (χ1n) is 4.78. The average molecular weight is 197 g/mol. The fraction of sp³-hybridized carbons (Fsp3) is 0.600. The predicted molar refractivity (Wildman–Crippen MR) is 51.7 cm³/mol. The number of carboxylic acid groups (broad SMARTS) is 1. The first-order chi connectivity index (χ1) is 6.59. The third-order valence-electron chi connectivity index (χ3n) is 2.31. The quantitative estimate of drug-likeness (QED) is 0.659. The number of carbonyl (C=O) groups excluding carboxylic acids is 1. The van der Waals surface area contributed by atoms with Crippen molar-refractivity contribution in [3.63, 3.8) is 0 Å². The normalized spacial score (nSPS) is 21.9. The molecule has 0 aromatic rings. The largest absolute Gasteiger partial charge is 0.480 e. The fourth-order valence-electron chi connectivity index (χ4n) is 1.47. The van der Waals surface area contributed by atoms with Gasteiger partial charge in [0.1, 0.15) is 6.04 Å². The Morgan fingerprint density at radius 3 is 2.86 bits per heavy atom. The first-order valence-corrected chi connectivity index (χ1v) is 4.78. The summed E-state index contributed by atoms with van der Waals surface area (Å²) in [6.07, 6.45) is 6.49. The summed E-state index contributed by atoms with van der Waals surface area (Å²) in [6.45, 7) is 1.46. The summed E-state index contributed by atoms with van der Waals surface area (Å²) < 4.78 is 0. The molecule has 0 radical (unpaired) electrons. The number of aliphatic carboxylic acids is 1. The highest BCUT2D eigenvalue weighted by Crippen LogP contribution is 2.19. The lowest BCUT2D eigenvalue weighted by Crippen LogP contribution is -2.38. The number of amides is 1. The van der Waals surface area contributed by atoms with Crippen molar-refractivity contribution in [2.24, 2.45) is 5.92 Å². The molecule has 4 heteroatoms. The molecule has 1 amide bonds. The molecule has 0 fully saturated rings. The molecule has 14 heavy (non-hydrogen) atoms. The Hall–Kier alpha value is -1.32. The maximum Gasteiger partial charge on any atom is 0.325 e. The lowest BCUT2D eigenvalue weighted by Gasteiger charge is -2.11. The van der Waals surface area contributed by atoms with Crippen molar-refractivity contribution in [2.45, 2.75) is 32.2 Å². The van der Waals surface area contributed by atoms with E-state index in [9.17, 15) is 9.59 Å². The molecule has 78 valence electrons. The molecule has 0 aromatic heterocycles. The van der Waals surface area contributed by atoms with Gasteiger partial charge >= 0.3 is 5.97 Å². The number of carbonyl (C=O) groups is 2. The highest BCUT2D eigenvalue weighted by atomic mass is 16.4. The smallest absolute Gasteiger partial charge is 0.325 e. The minimum Gasteiger partial charge on any atom is -0.480 e.